The Balaban J connectivity index is 1.59. The number of ether oxygens (including phenoxy) is 1. The fourth-order valence-electron chi connectivity index (χ4n) is 3.87. The Kier molecular flexibility index (Phi) is 5.65. The van der Waals surface area contributed by atoms with Crippen LogP contribution in [0.2, 0.25) is 0 Å². The van der Waals surface area contributed by atoms with Gasteiger partial charge in [0.15, 0.2) is 0 Å². The summed E-state index contributed by atoms with van der Waals surface area (Å²) in [6.07, 6.45) is 0. The van der Waals surface area contributed by atoms with Gasteiger partial charge >= 0.3 is 11.9 Å². The van der Waals surface area contributed by atoms with Crippen LogP contribution in [0.25, 0.3) is 10.6 Å². The molecule has 2 N–H and O–H groups in total. The summed E-state index contributed by atoms with van der Waals surface area (Å²) in [6.45, 7) is 3.54. The van der Waals surface area contributed by atoms with Gasteiger partial charge in [0.25, 0.3) is 10.0 Å². The van der Waals surface area contributed by atoms with Crippen molar-refractivity contribution in [2.75, 3.05) is 6.61 Å². The molecule has 2 heterocycles. The van der Waals surface area contributed by atoms with Crippen LogP contribution in [0, 0.1) is 5.92 Å². The molecule has 168 valence electrons. The molecule has 0 saturated heterocycles. The van der Waals surface area contributed by atoms with E-state index in [4.69, 9.17) is 9.26 Å². The zero-order chi connectivity index (χ0) is 23.1. The number of rotatable bonds is 8. The first-order valence-electron chi connectivity index (χ1n) is 9.77. The summed E-state index contributed by atoms with van der Waals surface area (Å²) in [5, 5.41) is 13.7. The molecule has 0 bridgehead atoms. The number of esters is 1. The van der Waals surface area contributed by atoms with E-state index in [-0.39, 0.29) is 22.3 Å². The van der Waals surface area contributed by atoms with Gasteiger partial charge in [-0.2, -0.15) is 4.72 Å². The Bertz CT molecular complexity index is 1270. The lowest BCUT2D eigenvalue weighted by Crippen LogP contribution is -2.45. The number of thiophene rings is 1. The molecule has 0 amide bonds. The summed E-state index contributed by atoms with van der Waals surface area (Å²) in [6, 6.07) is 13.2. The average molecular weight is 477 g/mol. The van der Waals surface area contributed by atoms with E-state index in [0.717, 1.165) is 16.9 Å². The molecule has 11 heteroatoms. The molecule has 1 saturated carbocycles. The van der Waals surface area contributed by atoms with Gasteiger partial charge in [0.2, 0.25) is 5.76 Å². The summed E-state index contributed by atoms with van der Waals surface area (Å²) in [5.41, 5.74) is -0.601. The van der Waals surface area contributed by atoms with Gasteiger partial charge in [-0.3, -0.25) is 4.79 Å². The zero-order valence-electron chi connectivity index (χ0n) is 17.1. The van der Waals surface area contributed by atoms with Crippen LogP contribution < -0.4 is 4.72 Å². The minimum absolute atomic E-state index is 0.0697. The predicted molar refractivity (Wildman–Crippen MR) is 115 cm³/mol. The summed E-state index contributed by atoms with van der Waals surface area (Å²) in [5.74, 6) is -2.91. The quantitative estimate of drug-likeness (QED) is 0.473. The van der Waals surface area contributed by atoms with Crippen LogP contribution in [0.5, 0.6) is 0 Å². The molecule has 0 aliphatic heterocycles. The zero-order valence-corrected chi connectivity index (χ0v) is 18.8. The lowest BCUT2D eigenvalue weighted by atomic mass is 10.1. The molecule has 1 aliphatic rings. The van der Waals surface area contributed by atoms with Crippen LogP contribution in [-0.4, -0.2) is 42.8 Å². The number of aromatic nitrogens is 1. The first kappa shape index (κ1) is 22.2. The number of hydrogen-bond acceptors (Lipinski definition) is 8. The molecular formula is C21H20N2O7S2. The highest BCUT2D eigenvalue weighted by Crippen LogP contribution is 2.58. The number of benzene rings is 1. The Labute approximate surface area is 188 Å². The molecule has 3 atom stereocenters. The second kappa shape index (κ2) is 8.15. The number of nitrogens with one attached hydrogen (secondary N) is 1. The minimum atomic E-state index is -4.14. The summed E-state index contributed by atoms with van der Waals surface area (Å²) in [4.78, 5) is 24.3. The maximum Gasteiger partial charge on any atom is 0.377 e. The number of sulfonamides is 1. The molecule has 4 rings (SSSR count). The van der Waals surface area contributed by atoms with E-state index in [0.29, 0.717) is 4.88 Å². The van der Waals surface area contributed by atoms with Crippen LogP contribution in [0.15, 0.2) is 57.3 Å². The van der Waals surface area contributed by atoms with Crippen molar-refractivity contribution in [2.45, 2.75) is 29.5 Å². The SMILES string of the molecule is CCOC(=O)c1cc(-c2ccc(S(=O)(=O)N[C@@]3(C(=O)O)C(C)[C@@H]3c3ccccc3)s2)no1. The summed E-state index contributed by atoms with van der Waals surface area (Å²) >= 11 is 0.892. The van der Waals surface area contributed by atoms with E-state index >= 15 is 0 Å². The molecule has 1 aliphatic carbocycles. The van der Waals surface area contributed by atoms with Crippen molar-refractivity contribution in [1.29, 1.82) is 0 Å². The molecule has 3 aromatic rings. The van der Waals surface area contributed by atoms with Crippen LogP contribution in [0.3, 0.4) is 0 Å². The highest BCUT2D eigenvalue weighted by atomic mass is 32.2. The third-order valence-electron chi connectivity index (χ3n) is 5.50. The molecular weight excluding hydrogens is 456 g/mol. The highest BCUT2D eigenvalue weighted by molar-refractivity contribution is 7.91. The van der Waals surface area contributed by atoms with E-state index in [1.165, 1.54) is 18.2 Å². The molecule has 2 aromatic heterocycles. The second-order valence-corrected chi connectivity index (χ2v) is 10.4. The monoisotopic (exact) mass is 476 g/mol. The third-order valence-corrected chi connectivity index (χ3v) is 8.58. The summed E-state index contributed by atoms with van der Waals surface area (Å²) < 4.78 is 38.3. The van der Waals surface area contributed by atoms with Crippen molar-refractivity contribution in [3.05, 3.63) is 59.9 Å². The van der Waals surface area contributed by atoms with Crippen molar-refractivity contribution in [3.63, 3.8) is 0 Å². The molecule has 0 radical (unpaired) electrons. The van der Waals surface area contributed by atoms with Crippen molar-refractivity contribution in [2.24, 2.45) is 5.92 Å². The fraction of sp³-hybridized carbons (Fsp3) is 0.286. The summed E-state index contributed by atoms with van der Waals surface area (Å²) in [7, 11) is -4.14. The standard InChI is InChI=1S/C21H20N2O7S2/c1-3-29-19(24)15-11-14(22-30-15)16-9-10-17(31-16)32(27,28)23-21(20(25)26)12(2)18(21)13-7-5-4-6-8-13/h4-12,18,23H,3H2,1-2H3,(H,25,26)/t12?,18-,21+/m1/s1. The smallest absolute Gasteiger partial charge is 0.377 e. The second-order valence-electron chi connectivity index (χ2n) is 7.37. The van der Waals surface area contributed by atoms with Crippen molar-refractivity contribution < 1.29 is 32.4 Å². The van der Waals surface area contributed by atoms with Gasteiger partial charge in [0, 0.05) is 12.0 Å². The molecule has 9 nitrogen and oxygen atoms in total. The number of carbonyl (C=O) groups excluding carboxylic acids is 1. The van der Waals surface area contributed by atoms with Crippen molar-refractivity contribution >= 4 is 33.3 Å². The number of nitrogens with zero attached hydrogens (tertiary/aromatic N) is 1. The predicted octanol–water partition coefficient (Wildman–Crippen LogP) is 3.12. The van der Waals surface area contributed by atoms with Gasteiger partial charge in [0.1, 0.15) is 15.4 Å². The maximum absolute atomic E-state index is 13.1. The molecule has 1 fully saturated rings. The van der Waals surface area contributed by atoms with Crippen LogP contribution in [0.1, 0.15) is 35.9 Å². The number of carbonyl (C=O) groups is 2. The van der Waals surface area contributed by atoms with Crippen LogP contribution >= 0.6 is 11.3 Å². The van der Waals surface area contributed by atoms with Gasteiger partial charge in [-0.05, 0) is 30.5 Å². The van der Waals surface area contributed by atoms with E-state index < -0.39 is 39.3 Å². The van der Waals surface area contributed by atoms with Gasteiger partial charge in [-0.15, -0.1) is 11.3 Å². The van der Waals surface area contributed by atoms with Gasteiger partial charge < -0.3 is 14.4 Å². The van der Waals surface area contributed by atoms with Gasteiger partial charge in [0.05, 0.1) is 11.5 Å². The normalized spacial score (nSPS) is 22.4. The van der Waals surface area contributed by atoms with Crippen molar-refractivity contribution in [1.82, 2.24) is 9.88 Å². The fourth-order valence-corrected chi connectivity index (χ4v) is 6.58. The molecule has 0 spiro atoms. The van der Waals surface area contributed by atoms with Crippen LogP contribution in [-0.2, 0) is 19.6 Å². The average Bonchev–Trinajstić information content (AvgIpc) is 3.20. The third kappa shape index (κ3) is 3.72. The van der Waals surface area contributed by atoms with Crippen molar-refractivity contribution in [3.8, 4) is 10.6 Å². The van der Waals surface area contributed by atoms with Gasteiger partial charge in [-0.1, -0.05) is 42.4 Å². The Morgan fingerprint density at radius 3 is 2.62 bits per heavy atom. The maximum atomic E-state index is 13.1. The Hall–Kier alpha value is -3.02. The largest absolute Gasteiger partial charge is 0.480 e. The molecule has 32 heavy (non-hydrogen) atoms. The van der Waals surface area contributed by atoms with E-state index in [2.05, 4.69) is 9.88 Å². The number of hydrogen-bond donors (Lipinski definition) is 2. The Morgan fingerprint density at radius 2 is 1.97 bits per heavy atom. The topological polar surface area (TPSA) is 136 Å². The first-order chi connectivity index (χ1) is 15.2. The van der Waals surface area contributed by atoms with E-state index in [9.17, 15) is 23.1 Å². The molecule has 1 unspecified atom stereocenters. The van der Waals surface area contributed by atoms with Gasteiger partial charge in [-0.25, -0.2) is 13.2 Å². The van der Waals surface area contributed by atoms with E-state index in [1.807, 2.05) is 6.07 Å². The molecule has 1 aromatic carbocycles. The van der Waals surface area contributed by atoms with Crippen LogP contribution in [0.4, 0.5) is 0 Å². The highest BCUT2D eigenvalue weighted by Gasteiger charge is 2.70. The number of carboxylic acids is 1. The number of aliphatic carboxylic acids is 1. The lowest BCUT2D eigenvalue weighted by Gasteiger charge is -2.15. The minimum Gasteiger partial charge on any atom is -0.480 e. The number of carboxylic acid groups (broad SMARTS) is 1. The first-order valence-corrected chi connectivity index (χ1v) is 12.1. The Morgan fingerprint density at radius 1 is 1.25 bits per heavy atom. The lowest BCUT2D eigenvalue weighted by molar-refractivity contribution is -0.140. The van der Waals surface area contributed by atoms with E-state index in [1.54, 1.807) is 38.1 Å².